The lowest BCUT2D eigenvalue weighted by Crippen LogP contribution is -2.36. The SMILES string of the molecule is CS(=O)CCCNS(=O)(=O)C1CCNC1. The third-order valence-electron chi connectivity index (χ3n) is 2.37. The molecule has 0 saturated carbocycles. The maximum atomic E-state index is 11.7. The van der Waals surface area contributed by atoms with Crippen LogP contribution in [0.5, 0.6) is 0 Å². The van der Waals surface area contributed by atoms with Crippen LogP contribution in [-0.4, -0.2) is 49.5 Å². The zero-order valence-electron chi connectivity index (χ0n) is 8.86. The highest BCUT2D eigenvalue weighted by Gasteiger charge is 2.27. The van der Waals surface area contributed by atoms with Gasteiger partial charge in [-0.05, 0) is 19.4 Å². The molecule has 90 valence electrons. The van der Waals surface area contributed by atoms with Crippen molar-refractivity contribution in [3.63, 3.8) is 0 Å². The molecule has 1 aliphatic heterocycles. The van der Waals surface area contributed by atoms with Gasteiger partial charge in [-0.1, -0.05) is 0 Å². The van der Waals surface area contributed by atoms with Crippen LogP contribution >= 0.6 is 0 Å². The van der Waals surface area contributed by atoms with Crippen molar-refractivity contribution in [2.45, 2.75) is 18.1 Å². The molecule has 1 aliphatic rings. The highest BCUT2D eigenvalue weighted by Crippen LogP contribution is 2.07. The molecule has 0 aromatic heterocycles. The molecule has 2 atom stereocenters. The molecular formula is C8H18N2O3S2. The van der Waals surface area contributed by atoms with E-state index in [1.165, 1.54) is 0 Å². The molecule has 0 amide bonds. The summed E-state index contributed by atoms with van der Waals surface area (Å²) in [5.74, 6) is 0.547. The first-order chi connectivity index (χ1) is 7.02. The lowest BCUT2D eigenvalue weighted by atomic mass is 10.4. The Morgan fingerprint density at radius 3 is 2.80 bits per heavy atom. The zero-order valence-corrected chi connectivity index (χ0v) is 10.5. The monoisotopic (exact) mass is 254 g/mol. The smallest absolute Gasteiger partial charge is 0.215 e. The molecule has 0 radical (unpaired) electrons. The van der Waals surface area contributed by atoms with Gasteiger partial charge >= 0.3 is 0 Å². The van der Waals surface area contributed by atoms with Crippen LogP contribution in [0.1, 0.15) is 12.8 Å². The van der Waals surface area contributed by atoms with E-state index in [0.717, 1.165) is 6.54 Å². The minimum absolute atomic E-state index is 0.301. The lowest BCUT2D eigenvalue weighted by Gasteiger charge is -2.11. The van der Waals surface area contributed by atoms with E-state index >= 15 is 0 Å². The summed E-state index contributed by atoms with van der Waals surface area (Å²) < 4.78 is 36.6. The molecule has 7 heteroatoms. The van der Waals surface area contributed by atoms with E-state index in [9.17, 15) is 12.6 Å². The second kappa shape index (κ2) is 5.93. The van der Waals surface area contributed by atoms with Gasteiger partial charge in [0.15, 0.2) is 0 Å². The van der Waals surface area contributed by atoms with Crippen molar-refractivity contribution in [3.8, 4) is 0 Å². The fourth-order valence-electron chi connectivity index (χ4n) is 1.50. The van der Waals surface area contributed by atoms with Gasteiger partial charge in [0.2, 0.25) is 10.0 Å². The van der Waals surface area contributed by atoms with Crippen LogP contribution in [0.15, 0.2) is 0 Å². The molecule has 1 fully saturated rings. The second-order valence-electron chi connectivity index (χ2n) is 3.69. The van der Waals surface area contributed by atoms with E-state index in [0.29, 0.717) is 31.7 Å². The Hall–Kier alpha value is 0.0200. The van der Waals surface area contributed by atoms with Crippen LogP contribution in [0.4, 0.5) is 0 Å². The quantitative estimate of drug-likeness (QED) is 0.599. The van der Waals surface area contributed by atoms with Crippen LogP contribution in [0.3, 0.4) is 0 Å². The maximum Gasteiger partial charge on any atom is 0.215 e. The molecule has 0 bridgehead atoms. The van der Waals surface area contributed by atoms with E-state index in [-0.39, 0.29) is 5.25 Å². The van der Waals surface area contributed by atoms with Crippen LogP contribution in [-0.2, 0) is 20.8 Å². The molecule has 0 spiro atoms. The summed E-state index contributed by atoms with van der Waals surface area (Å²) in [6.45, 7) is 1.69. The van der Waals surface area contributed by atoms with Crippen LogP contribution < -0.4 is 10.0 Å². The Morgan fingerprint density at radius 1 is 1.53 bits per heavy atom. The fraction of sp³-hybridized carbons (Fsp3) is 1.00. The van der Waals surface area contributed by atoms with Gasteiger partial charge in [0.1, 0.15) is 0 Å². The summed E-state index contributed by atoms with van der Waals surface area (Å²) in [5.41, 5.74) is 0. The molecular weight excluding hydrogens is 236 g/mol. The van der Waals surface area contributed by atoms with Crippen molar-refractivity contribution < 1.29 is 12.6 Å². The van der Waals surface area contributed by atoms with E-state index in [4.69, 9.17) is 0 Å². The van der Waals surface area contributed by atoms with E-state index in [2.05, 4.69) is 10.0 Å². The third kappa shape index (κ3) is 4.58. The molecule has 1 rings (SSSR count). The van der Waals surface area contributed by atoms with E-state index < -0.39 is 20.8 Å². The van der Waals surface area contributed by atoms with Gasteiger partial charge in [-0.3, -0.25) is 4.21 Å². The topological polar surface area (TPSA) is 75.3 Å². The van der Waals surface area contributed by atoms with Crippen molar-refractivity contribution in [1.29, 1.82) is 0 Å². The van der Waals surface area contributed by atoms with Crippen molar-refractivity contribution in [3.05, 3.63) is 0 Å². The molecule has 0 aliphatic carbocycles. The maximum absolute atomic E-state index is 11.7. The summed E-state index contributed by atoms with van der Waals surface area (Å²) in [6.07, 6.45) is 2.92. The summed E-state index contributed by atoms with van der Waals surface area (Å²) in [7, 11) is -4.01. The molecule has 2 unspecified atom stereocenters. The predicted molar refractivity (Wildman–Crippen MR) is 61.7 cm³/mol. The van der Waals surface area contributed by atoms with E-state index in [1.54, 1.807) is 6.26 Å². The summed E-state index contributed by atoms with van der Waals surface area (Å²) >= 11 is 0. The van der Waals surface area contributed by atoms with Gasteiger partial charge in [-0.25, -0.2) is 13.1 Å². The van der Waals surface area contributed by atoms with Crippen molar-refractivity contribution in [1.82, 2.24) is 10.0 Å². The molecule has 0 aromatic rings. The fourth-order valence-corrected chi connectivity index (χ4v) is 3.48. The summed E-state index contributed by atoms with van der Waals surface area (Å²) in [4.78, 5) is 0. The van der Waals surface area contributed by atoms with Gasteiger partial charge in [-0.15, -0.1) is 0 Å². The number of sulfonamides is 1. The number of hydrogen-bond donors (Lipinski definition) is 2. The molecule has 0 aromatic carbocycles. The van der Waals surface area contributed by atoms with Crippen molar-refractivity contribution in [2.24, 2.45) is 0 Å². The van der Waals surface area contributed by atoms with Crippen LogP contribution in [0, 0.1) is 0 Å². The molecule has 2 N–H and O–H groups in total. The normalized spacial score (nSPS) is 24.2. The first kappa shape index (κ1) is 13.1. The molecule has 5 nitrogen and oxygen atoms in total. The third-order valence-corrected chi connectivity index (χ3v) is 5.12. The Labute approximate surface area is 93.5 Å². The van der Waals surface area contributed by atoms with Crippen LogP contribution in [0.2, 0.25) is 0 Å². The highest BCUT2D eigenvalue weighted by atomic mass is 32.2. The highest BCUT2D eigenvalue weighted by molar-refractivity contribution is 7.90. The minimum Gasteiger partial charge on any atom is -0.315 e. The van der Waals surface area contributed by atoms with Gasteiger partial charge in [0.05, 0.1) is 5.25 Å². The van der Waals surface area contributed by atoms with Gasteiger partial charge in [0.25, 0.3) is 0 Å². The summed E-state index contributed by atoms with van der Waals surface area (Å²) in [6, 6.07) is 0. The predicted octanol–water partition coefficient (Wildman–Crippen LogP) is -0.964. The molecule has 1 saturated heterocycles. The number of nitrogens with one attached hydrogen (secondary N) is 2. The van der Waals surface area contributed by atoms with Crippen molar-refractivity contribution in [2.75, 3.05) is 31.6 Å². The Kier molecular flexibility index (Phi) is 5.17. The minimum atomic E-state index is -3.17. The Balaban J connectivity index is 2.27. The number of rotatable bonds is 6. The Morgan fingerprint density at radius 2 is 2.27 bits per heavy atom. The first-order valence-corrected chi connectivity index (χ1v) is 8.29. The van der Waals surface area contributed by atoms with Gasteiger partial charge in [-0.2, -0.15) is 0 Å². The average molecular weight is 254 g/mol. The second-order valence-corrected chi connectivity index (χ2v) is 7.29. The molecule has 1 heterocycles. The van der Waals surface area contributed by atoms with E-state index in [1.807, 2.05) is 0 Å². The zero-order chi connectivity index (χ0) is 11.3. The average Bonchev–Trinajstić information content (AvgIpc) is 2.65. The largest absolute Gasteiger partial charge is 0.315 e. The number of hydrogen-bond acceptors (Lipinski definition) is 4. The Bertz CT molecular complexity index is 310. The molecule has 15 heavy (non-hydrogen) atoms. The van der Waals surface area contributed by atoms with Gasteiger partial charge in [0, 0.05) is 35.9 Å². The van der Waals surface area contributed by atoms with Gasteiger partial charge < -0.3 is 5.32 Å². The van der Waals surface area contributed by atoms with Crippen molar-refractivity contribution >= 4 is 20.8 Å². The first-order valence-electron chi connectivity index (χ1n) is 5.01. The van der Waals surface area contributed by atoms with Crippen LogP contribution in [0.25, 0.3) is 0 Å². The summed E-state index contributed by atoms with van der Waals surface area (Å²) in [5, 5.41) is 2.72. The lowest BCUT2D eigenvalue weighted by molar-refractivity contribution is 0.567. The standard InChI is InChI=1S/C8H18N2O3S2/c1-14(11)6-2-4-10-15(12,13)8-3-5-9-7-8/h8-10H,2-7H2,1H3.